The molecule has 0 unspecified atom stereocenters. The zero-order chi connectivity index (χ0) is 22.0. The molecule has 2 N–H and O–H groups in total. The molecule has 0 aliphatic heterocycles. The van der Waals surface area contributed by atoms with Gasteiger partial charge in [0.05, 0.1) is 0 Å². The lowest BCUT2D eigenvalue weighted by atomic mass is 9.78. The van der Waals surface area contributed by atoms with Gasteiger partial charge >= 0.3 is 0 Å². The molecule has 0 spiro atoms. The first kappa shape index (κ1) is 22.5. The van der Waals surface area contributed by atoms with Crippen LogP contribution < -0.4 is 5.32 Å². The topological polar surface area (TPSA) is 73.1 Å². The van der Waals surface area contributed by atoms with Crippen LogP contribution in [0, 0.1) is 11.3 Å². The highest BCUT2D eigenvalue weighted by atomic mass is 35.5. The van der Waals surface area contributed by atoms with Crippen molar-refractivity contribution in [1.82, 2.24) is 0 Å². The van der Waals surface area contributed by atoms with Gasteiger partial charge in [0.2, 0.25) is 0 Å². The maximum absolute atomic E-state index is 12.6. The Bertz CT molecular complexity index is 951. The van der Waals surface area contributed by atoms with Crippen molar-refractivity contribution >= 4 is 29.3 Å². The Morgan fingerprint density at radius 1 is 1.03 bits per heavy atom. The quantitative estimate of drug-likeness (QED) is 0.468. The van der Waals surface area contributed by atoms with Crippen LogP contribution in [0.1, 0.15) is 58.2 Å². The molecule has 5 heteroatoms. The fraction of sp³-hybridized carbons (Fsp3) is 0.333. The number of phenolic OH excluding ortho intramolecular Hbond substituents is 1. The van der Waals surface area contributed by atoms with Gasteiger partial charge in [0.1, 0.15) is 17.4 Å². The molecule has 0 aromatic heterocycles. The number of nitrogens with zero attached hydrogens (tertiary/aromatic N) is 1. The van der Waals surface area contributed by atoms with E-state index in [0.29, 0.717) is 16.3 Å². The van der Waals surface area contributed by atoms with Crippen molar-refractivity contribution in [3.05, 3.63) is 63.7 Å². The molecule has 152 valence electrons. The summed E-state index contributed by atoms with van der Waals surface area (Å²) >= 11 is 5.86. The van der Waals surface area contributed by atoms with Crippen molar-refractivity contribution in [2.45, 2.75) is 52.4 Å². The summed E-state index contributed by atoms with van der Waals surface area (Å²) in [5.74, 6) is -0.246. The second-order valence-corrected chi connectivity index (χ2v) is 9.53. The van der Waals surface area contributed by atoms with Crippen molar-refractivity contribution in [1.29, 1.82) is 5.26 Å². The standard InChI is InChI=1S/C24H27ClN2O2/c1-23(2,3)19-12-15(13-20(21(19)28)24(4,5)6)11-16(14-26)22(29)27-18-9-7-17(25)8-10-18/h7-13,28H,1-6H3,(H,27,29). The van der Waals surface area contributed by atoms with Gasteiger partial charge in [-0.15, -0.1) is 0 Å². The van der Waals surface area contributed by atoms with E-state index in [1.807, 2.05) is 59.7 Å². The van der Waals surface area contributed by atoms with Crippen LogP contribution in [0.5, 0.6) is 5.75 Å². The number of nitriles is 1. The van der Waals surface area contributed by atoms with Crippen molar-refractivity contribution in [3.63, 3.8) is 0 Å². The van der Waals surface area contributed by atoms with E-state index in [1.54, 1.807) is 30.3 Å². The molecular weight excluding hydrogens is 384 g/mol. The van der Waals surface area contributed by atoms with Gasteiger partial charge in [-0.05, 0) is 58.9 Å². The zero-order valence-corrected chi connectivity index (χ0v) is 18.5. The summed E-state index contributed by atoms with van der Waals surface area (Å²) in [6, 6.07) is 12.3. The zero-order valence-electron chi connectivity index (χ0n) is 17.7. The number of nitrogens with one attached hydrogen (secondary N) is 1. The van der Waals surface area contributed by atoms with Crippen LogP contribution >= 0.6 is 11.6 Å². The highest BCUT2D eigenvalue weighted by Gasteiger charge is 2.26. The number of anilines is 1. The minimum Gasteiger partial charge on any atom is -0.507 e. The summed E-state index contributed by atoms with van der Waals surface area (Å²) in [6.07, 6.45) is 1.55. The van der Waals surface area contributed by atoms with E-state index in [1.165, 1.54) is 0 Å². The van der Waals surface area contributed by atoms with E-state index in [2.05, 4.69) is 5.32 Å². The van der Waals surface area contributed by atoms with Crippen molar-refractivity contribution in [2.75, 3.05) is 5.32 Å². The van der Waals surface area contributed by atoms with Crippen molar-refractivity contribution in [2.24, 2.45) is 0 Å². The largest absolute Gasteiger partial charge is 0.507 e. The number of carbonyl (C=O) groups is 1. The molecule has 0 radical (unpaired) electrons. The molecule has 4 nitrogen and oxygen atoms in total. The van der Waals surface area contributed by atoms with Crippen LogP contribution in [0.3, 0.4) is 0 Å². The molecule has 0 saturated carbocycles. The lowest BCUT2D eigenvalue weighted by Crippen LogP contribution is -2.18. The highest BCUT2D eigenvalue weighted by molar-refractivity contribution is 6.30. The Hall–Kier alpha value is -2.77. The molecular formula is C24H27ClN2O2. The van der Waals surface area contributed by atoms with Gasteiger partial charge < -0.3 is 10.4 Å². The molecule has 2 rings (SSSR count). The number of hydrogen-bond donors (Lipinski definition) is 2. The first-order valence-electron chi connectivity index (χ1n) is 9.39. The maximum Gasteiger partial charge on any atom is 0.266 e. The molecule has 0 atom stereocenters. The number of hydrogen-bond acceptors (Lipinski definition) is 3. The van der Waals surface area contributed by atoms with E-state index >= 15 is 0 Å². The average molecular weight is 411 g/mol. The summed E-state index contributed by atoms with van der Waals surface area (Å²) in [7, 11) is 0. The predicted molar refractivity (Wildman–Crippen MR) is 119 cm³/mol. The van der Waals surface area contributed by atoms with E-state index in [4.69, 9.17) is 11.6 Å². The summed E-state index contributed by atoms with van der Waals surface area (Å²) in [5, 5.41) is 23.6. The normalized spacial score (nSPS) is 12.4. The first-order valence-corrected chi connectivity index (χ1v) is 9.77. The third kappa shape index (κ3) is 5.62. The van der Waals surface area contributed by atoms with Gasteiger partial charge in [-0.2, -0.15) is 5.26 Å². The third-order valence-electron chi connectivity index (χ3n) is 4.53. The monoisotopic (exact) mass is 410 g/mol. The van der Waals surface area contributed by atoms with Gasteiger partial charge in [0, 0.05) is 21.8 Å². The predicted octanol–water partition coefficient (Wildman–Crippen LogP) is 6.19. The summed E-state index contributed by atoms with van der Waals surface area (Å²) in [4.78, 5) is 12.6. The van der Waals surface area contributed by atoms with Gasteiger partial charge in [0.15, 0.2) is 0 Å². The number of carbonyl (C=O) groups excluding carboxylic acids is 1. The number of halogens is 1. The van der Waals surface area contributed by atoms with Crippen LogP contribution in [0.15, 0.2) is 42.0 Å². The summed E-state index contributed by atoms with van der Waals surface area (Å²) in [5.41, 5.74) is 2.17. The molecule has 0 bridgehead atoms. The molecule has 0 saturated heterocycles. The molecule has 29 heavy (non-hydrogen) atoms. The second-order valence-electron chi connectivity index (χ2n) is 9.10. The maximum atomic E-state index is 12.6. The lowest BCUT2D eigenvalue weighted by molar-refractivity contribution is -0.112. The molecule has 0 aliphatic rings. The van der Waals surface area contributed by atoms with Crippen LogP contribution in [0.2, 0.25) is 5.02 Å². The Morgan fingerprint density at radius 3 is 1.93 bits per heavy atom. The SMILES string of the molecule is CC(C)(C)c1cc(C=C(C#N)C(=O)Nc2ccc(Cl)cc2)cc(C(C)(C)C)c1O. The fourth-order valence-electron chi connectivity index (χ4n) is 2.93. The van der Waals surface area contributed by atoms with E-state index < -0.39 is 5.91 Å². The minimum absolute atomic E-state index is 0.0228. The Morgan fingerprint density at radius 2 is 1.52 bits per heavy atom. The number of benzene rings is 2. The summed E-state index contributed by atoms with van der Waals surface area (Å²) < 4.78 is 0. The molecule has 0 aliphatic carbocycles. The highest BCUT2D eigenvalue weighted by Crippen LogP contribution is 2.40. The third-order valence-corrected chi connectivity index (χ3v) is 4.78. The van der Waals surface area contributed by atoms with Crippen LogP contribution in [0.25, 0.3) is 6.08 Å². The van der Waals surface area contributed by atoms with Gasteiger partial charge in [-0.3, -0.25) is 4.79 Å². The number of phenols is 1. The molecule has 1 amide bonds. The van der Waals surface area contributed by atoms with Crippen LogP contribution in [-0.2, 0) is 15.6 Å². The van der Waals surface area contributed by atoms with Crippen LogP contribution in [-0.4, -0.2) is 11.0 Å². The van der Waals surface area contributed by atoms with Gasteiger partial charge in [-0.25, -0.2) is 0 Å². The molecule has 2 aromatic carbocycles. The van der Waals surface area contributed by atoms with Gasteiger partial charge in [-0.1, -0.05) is 53.1 Å². The second kappa shape index (κ2) is 8.31. The van der Waals surface area contributed by atoms with E-state index in [0.717, 1.165) is 11.1 Å². The molecule has 0 heterocycles. The smallest absolute Gasteiger partial charge is 0.266 e. The van der Waals surface area contributed by atoms with Crippen molar-refractivity contribution < 1.29 is 9.90 Å². The number of rotatable bonds is 3. The molecule has 0 fully saturated rings. The average Bonchev–Trinajstić information content (AvgIpc) is 2.60. The lowest BCUT2D eigenvalue weighted by Gasteiger charge is -2.28. The van der Waals surface area contributed by atoms with Gasteiger partial charge in [0.25, 0.3) is 5.91 Å². The minimum atomic E-state index is -0.502. The van der Waals surface area contributed by atoms with E-state index in [9.17, 15) is 15.2 Å². The molecule has 2 aromatic rings. The Kier molecular flexibility index (Phi) is 6.45. The Labute approximate surface area is 177 Å². The summed E-state index contributed by atoms with van der Waals surface area (Å²) in [6.45, 7) is 12.1. The first-order chi connectivity index (χ1) is 13.3. The number of aromatic hydroxyl groups is 1. The fourth-order valence-corrected chi connectivity index (χ4v) is 3.06. The van der Waals surface area contributed by atoms with Crippen LogP contribution in [0.4, 0.5) is 5.69 Å². The number of amides is 1. The van der Waals surface area contributed by atoms with E-state index in [-0.39, 0.29) is 22.2 Å². The Balaban J connectivity index is 2.50. The van der Waals surface area contributed by atoms with Crippen molar-refractivity contribution in [3.8, 4) is 11.8 Å².